The summed E-state index contributed by atoms with van der Waals surface area (Å²) in [6.07, 6.45) is 3.81. The minimum Gasteiger partial charge on any atom is -0.493 e. The molecule has 0 bridgehead atoms. The molecular formula is C13H12N2O3. The van der Waals surface area contributed by atoms with Crippen molar-refractivity contribution in [1.29, 1.82) is 0 Å². The first kappa shape index (κ1) is 11.9. The molecule has 18 heavy (non-hydrogen) atoms. The van der Waals surface area contributed by atoms with Crippen LogP contribution in [0.5, 0.6) is 17.2 Å². The van der Waals surface area contributed by atoms with E-state index in [0.29, 0.717) is 28.5 Å². The summed E-state index contributed by atoms with van der Waals surface area (Å²) < 4.78 is 10.8. The highest BCUT2D eigenvalue weighted by molar-refractivity contribution is 5.76. The molecule has 1 aromatic heterocycles. The molecule has 0 spiro atoms. The van der Waals surface area contributed by atoms with Gasteiger partial charge in [0, 0.05) is 11.8 Å². The third kappa shape index (κ3) is 2.40. The number of hydrogen-bond donors (Lipinski definition) is 1. The molecule has 0 saturated carbocycles. The third-order valence-corrected chi connectivity index (χ3v) is 2.36. The molecule has 5 nitrogen and oxygen atoms in total. The summed E-state index contributed by atoms with van der Waals surface area (Å²) in [5, 5.41) is 0. The van der Waals surface area contributed by atoms with Crippen LogP contribution in [0.4, 0.5) is 5.69 Å². The molecule has 2 aromatic rings. The number of hydrogen-bond acceptors (Lipinski definition) is 5. The van der Waals surface area contributed by atoms with Gasteiger partial charge in [-0.25, -0.2) is 0 Å². The van der Waals surface area contributed by atoms with Crippen molar-refractivity contribution in [2.24, 2.45) is 0 Å². The van der Waals surface area contributed by atoms with E-state index in [1.54, 1.807) is 30.5 Å². The second-order valence-corrected chi connectivity index (χ2v) is 3.54. The van der Waals surface area contributed by atoms with Gasteiger partial charge in [-0.3, -0.25) is 9.78 Å². The van der Waals surface area contributed by atoms with Gasteiger partial charge in [0.05, 0.1) is 19.0 Å². The van der Waals surface area contributed by atoms with Crippen molar-refractivity contribution in [3.05, 3.63) is 42.2 Å². The van der Waals surface area contributed by atoms with E-state index >= 15 is 0 Å². The van der Waals surface area contributed by atoms with E-state index in [9.17, 15) is 4.79 Å². The molecule has 1 aromatic carbocycles. The van der Waals surface area contributed by atoms with E-state index in [0.717, 1.165) is 6.29 Å². The van der Waals surface area contributed by atoms with Crippen molar-refractivity contribution in [3.8, 4) is 17.2 Å². The van der Waals surface area contributed by atoms with E-state index in [4.69, 9.17) is 15.2 Å². The molecule has 0 aliphatic rings. The average Bonchev–Trinajstić information content (AvgIpc) is 2.41. The van der Waals surface area contributed by atoms with E-state index in [-0.39, 0.29) is 0 Å². The monoisotopic (exact) mass is 244 g/mol. The summed E-state index contributed by atoms with van der Waals surface area (Å²) in [6, 6.07) is 6.51. The van der Waals surface area contributed by atoms with Crippen molar-refractivity contribution in [3.63, 3.8) is 0 Å². The summed E-state index contributed by atoms with van der Waals surface area (Å²) in [7, 11) is 1.52. The Kier molecular flexibility index (Phi) is 3.43. The minimum atomic E-state index is 0.416. The second kappa shape index (κ2) is 5.18. The van der Waals surface area contributed by atoms with Gasteiger partial charge in [0.15, 0.2) is 17.2 Å². The van der Waals surface area contributed by atoms with Gasteiger partial charge < -0.3 is 15.2 Å². The topological polar surface area (TPSA) is 74.4 Å². The summed E-state index contributed by atoms with van der Waals surface area (Å²) in [5.74, 6) is 1.35. The minimum absolute atomic E-state index is 0.416. The predicted octanol–water partition coefficient (Wildman–Crippen LogP) is 2.28. The number of pyridine rings is 1. The molecule has 0 aliphatic heterocycles. The third-order valence-electron chi connectivity index (χ3n) is 2.36. The summed E-state index contributed by atoms with van der Waals surface area (Å²) in [4.78, 5) is 14.7. The fourth-order valence-corrected chi connectivity index (χ4v) is 1.44. The molecule has 0 amide bonds. The molecule has 0 aliphatic carbocycles. The fraction of sp³-hybridized carbons (Fsp3) is 0.0769. The predicted molar refractivity (Wildman–Crippen MR) is 67.1 cm³/mol. The van der Waals surface area contributed by atoms with Gasteiger partial charge in [0.1, 0.15) is 6.29 Å². The SMILES string of the molecule is COc1ccc(C=O)cc1Oc1cnccc1N. The van der Waals surface area contributed by atoms with Crippen molar-refractivity contribution < 1.29 is 14.3 Å². The Hall–Kier alpha value is -2.56. The molecule has 5 heteroatoms. The molecule has 0 saturated heterocycles. The van der Waals surface area contributed by atoms with Crippen LogP contribution in [-0.2, 0) is 0 Å². The highest BCUT2D eigenvalue weighted by Crippen LogP contribution is 2.33. The number of aldehydes is 1. The van der Waals surface area contributed by atoms with Crippen LogP contribution in [0.1, 0.15) is 10.4 Å². The Morgan fingerprint density at radius 3 is 2.72 bits per heavy atom. The molecule has 2 N–H and O–H groups in total. The smallest absolute Gasteiger partial charge is 0.170 e. The van der Waals surface area contributed by atoms with E-state index in [2.05, 4.69) is 4.98 Å². The number of carbonyl (C=O) groups is 1. The number of nitrogen functional groups attached to an aromatic ring is 1. The van der Waals surface area contributed by atoms with Crippen LogP contribution in [0, 0.1) is 0 Å². The van der Waals surface area contributed by atoms with E-state index in [1.165, 1.54) is 13.3 Å². The van der Waals surface area contributed by atoms with Gasteiger partial charge >= 0.3 is 0 Å². The van der Waals surface area contributed by atoms with Crippen molar-refractivity contribution in [1.82, 2.24) is 4.98 Å². The quantitative estimate of drug-likeness (QED) is 0.835. The van der Waals surface area contributed by atoms with Crippen LogP contribution in [0.15, 0.2) is 36.7 Å². The van der Waals surface area contributed by atoms with Crippen molar-refractivity contribution in [2.75, 3.05) is 12.8 Å². The number of carbonyl (C=O) groups excluding carboxylic acids is 1. The zero-order chi connectivity index (χ0) is 13.0. The number of nitrogens with zero attached hydrogens (tertiary/aromatic N) is 1. The fourth-order valence-electron chi connectivity index (χ4n) is 1.44. The number of ether oxygens (including phenoxy) is 2. The van der Waals surface area contributed by atoms with Crippen molar-refractivity contribution in [2.45, 2.75) is 0 Å². The van der Waals surface area contributed by atoms with Crippen LogP contribution in [0.2, 0.25) is 0 Å². The van der Waals surface area contributed by atoms with E-state index in [1.807, 2.05) is 0 Å². The Morgan fingerprint density at radius 2 is 2.06 bits per heavy atom. The Balaban J connectivity index is 2.38. The summed E-state index contributed by atoms with van der Waals surface area (Å²) >= 11 is 0. The van der Waals surface area contributed by atoms with Crippen LogP contribution in [0.25, 0.3) is 0 Å². The Bertz CT molecular complexity index is 570. The van der Waals surface area contributed by atoms with E-state index < -0.39 is 0 Å². The highest BCUT2D eigenvalue weighted by Gasteiger charge is 2.08. The molecule has 1 heterocycles. The van der Waals surface area contributed by atoms with Crippen LogP contribution < -0.4 is 15.2 Å². The average molecular weight is 244 g/mol. The molecule has 0 atom stereocenters. The number of nitrogens with two attached hydrogens (primary N) is 1. The van der Waals surface area contributed by atoms with Gasteiger partial charge in [0.25, 0.3) is 0 Å². The number of rotatable bonds is 4. The first-order valence-electron chi connectivity index (χ1n) is 5.25. The lowest BCUT2D eigenvalue weighted by Crippen LogP contribution is -1.95. The van der Waals surface area contributed by atoms with Gasteiger partial charge in [-0.05, 0) is 24.3 Å². The molecular weight excluding hydrogens is 232 g/mol. The molecule has 0 unspecified atom stereocenters. The maximum absolute atomic E-state index is 10.7. The number of methoxy groups -OCH3 is 1. The van der Waals surface area contributed by atoms with Gasteiger partial charge in [-0.1, -0.05) is 0 Å². The molecule has 2 rings (SSSR count). The lowest BCUT2D eigenvalue weighted by Gasteiger charge is -2.11. The lowest BCUT2D eigenvalue weighted by atomic mass is 10.2. The van der Waals surface area contributed by atoms with Crippen molar-refractivity contribution >= 4 is 12.0 Å². The lowest BCUT2D eigenvalue weighted by molar-refractivity contribution is 0.112. The van der Waals surface area contributed by atoms with Crippen LogP contribution >= 0.6 is 0 Å². The zero-order valence-corrected chi connectivity index (χ0v) is 9.79. The van der Waals surface area contributed by atoms with Gasteiger partial charge in [0.2, 0.25) is 0 Å². The maximum atomic E-state index is 10.7. The molecule has 92 valence electrons. The summed E-state index contributed by atoms with van der Waals surface area (Å²) in [6.45, 7) is 0. The first-order valence-corrected chi connectivity index (χ1v) is 5.25. The summed E-state index contributed by atoms with van der Waals surface area (Å²) in [5.41, 5.74) is 6.71. The number of benzene rings is 1. The first-order chi connectivity index (χ1) is 8.74. The number of aromatic nitrogens is 1. The second-order valence-electron chi connectivity index (χ2n) is 3.54. The Morgan fingerprint density at radius 1 is 1.22 bits per heavy atom. The normalized spacial score (nSPS) is 9.83. The van der Waals surface area contributed by atoms with Gasteiger partial charge in [-0.2, -0.15) is 0 Å². The van der Waals surface area contributed by atoms with Crippen LogP contribution in [0.3, 0.4) is 0 Å². The van der Waals surface area contributed by atoms with Crippen LogP contribution in [-0.4, -0.2) is 18.4 Å². The standard InChI is InChI=1S/C13H12N2O3/c1-17-11-3-2-9(8-16)6-12(11)18-13-7-15-5-4-10(13)14/h2-8H,1H3,(H2,14,15). The van der Waals surface area contributed by atoms with Gasteiger partial charge in [-0.15, -0.1) is 0 Å². The maximum Gasteiger partial charge on any atom is 0.170 e. The molecule has 0 fully saturated rings. The molecule has 0 radical (unpaired) electrons. The highest BCUT2D eigenvalue weighted by atomic mass is 16.5. The largest absolute Gasteiger partial charge is 0.493 e. The zero-order valence-electron chi connectivity index (χ0n) is 9.79. The number of anilines is 1. The Labute approximate surface area is 104 Å².